The number of hydrogen-bond donors (Lipinski definition) is 2. The van der Waals surface area contributed by atoms with Gasteiger partial charge >= 0.3 is 0 Å². The Labute approximate surface area is 129 Å². The summed E-state index contributed by atoms with van der Waals surface area (Å²) in [5, 5.41) is 2.93. The summed E-state index contributed by atoms with van der Waals surface area (Å²) < 4.78 is 0. The van der Waals surface area contributed by atoms with Crippen LogP contribution in [0.2, 0.25) is 0 Å². The Morgan fingerprint density at radius 3 is 2.67 bits per heavy atom. The lowest BCUT2D eigenvalue weighted by atomic mass is 10.1. The van der Waals surface area contributed by atoms with Gasteiger partial charge in [-0.05, 0) is 36.6 Å². The third kappa shape index (κ3) is 4.04. The number of hydrogen-bond acceptors (Lipinski definition) is 4. The number of aromatic nitrogens is 1. The molecule has 0 atom stereocenters. The van der Waals surface area contributed by atoms with Crippen LogP contribution in [0.15, 0.2) is 24.3 Å². The van der Waals surface area contributed by atoms with Crippen molar-refractivity contribution < 1.29 is 4.79 Å². The van der Waals surface area contributed by atoms with Gasteiger partial charge in [-0.15, -0.1) is 11.3 Å². The molecule has 0 aliphatic heterocycles. The second-order valence-corrected chi connectivity index (χ2v) is 6.52. The lowest BCUT2D eigenvalue weighted by Crippen LogP contribution is -2.23. The molecule has 2 aromatic rings. The van der Waals surface area contributed by atoms with Crippen LogP contribution in [0.5, 0.6) is 0 Å². The molecule has 0 aliphatic rings. The highest BCUT2D eigenvalue weighted by Gasteiger charge is 2.11. The third-order valence-electron chi connectivity index (χ3n) is 3.21. The fourth-order valence-corrected chi connectivity index (χ4v) is 2.88. The molecule has 0 spiro atoms. The number of nitrogens with zero attached hydrogens (tertiary/aromatic N) is 1. The van der Waals surface area contributed by atoms with Crippen molar-refractivity contribution in [2.24, 2.45) is 0 Å². The first-order chi connectivity index (χ1) is 9.99. The number of nitrogens with two attached hydrogens (primary N) is 1. The molecule has 0 saturated carbocycles. The summed E-state index contributed by atoms with van der Waals surface area (Å²) >= 11 is 1.73. The molecule has 5 heteroatoms. The van der Waals surface area contributed by atoms with Crippen LogP contribution < -0.4 is 11.1 Å². The number of anilines is 1. The summed E-state index contributed by atoms with van der Waals surface area (Å²) in [5.74, 6) is 0.512. The number of pyridine rings is 1. The average Bonchev–Trinajstić information content (AvgIpc) is 2.92. The molecule has 4 nitrogen and oxygen atoms in total. The first-order valence-electron chi connectivity index (χ1n) is 7.12. The highest BCUT2D eigenvalue weighted by Crippen LogP contribution is 2.18. The van der Waals surface area contributed by atoms with Crippen molar-refractivity contribution >= 4 is 23.1 Å². The van der Waals surface area contributed by atoms with Crippen molar-refractivity contribution in [2.45, 2.75) is 39.7 Å². The molecule has 1 amide bonds. The predicted octanol–water partition coefficient (Wildman–Crippen LogP) is 3.34. The van der Waals surface area contributed by atoms with Gasteiger partial charge in [0.1, 0.15) is 5.82 Å². The molecule has 0 bridgehead atoms. The van der Waals surface area contributed by atoms with E-state index in [9.17, 15) is 4.79 Å². The first-order valence-corrected chi connectivity index (χ1v) is 7.94. The Kier molecular flexibility index (Phi) is 4.96. The van der Waals surface area contributed by atoms with E-state index in [-0.39, 0.29) is 11.8 Å². The molecule has 2 aromatic heterocycles. The molecule has 2 heterocycles. The van der Waals surface area contributed by atoms with Crippen molar-refractivity contribution in [3.63, 3.8) is 0 Å². The number of nitrogen functional groups attached to an aromatic ring is 1. The van der Waals surface area contributed by atoms with E-state index < -0.39 is 0 Å². The molecule has 0 aliphatic carbocycles. The number of amides is 1. The van der Waals surface area contributed by atoms with Crippen LogP contribution in [0.3, 0.4) is 0 Å². The molecule has 21 heavy (non-hydrogen) atoms. The van der Waals surface area contributed by atoms with E-state index in [1.54, 1.807) is 17.4 Å². The van der Waals surface area contributed by atoms with Crippen molar-refractivity contribution in [1.29, 1.82) is 0 Å². The number of thiophene rings is 1. The van der Waals surface area contributed by atoms with Gasteiger partial charge in [-0.3, -0.25) is 4.79 Å². The Morgan fingerprint density at radius 1 is 1.33 bits per heavy atom. The SMILES string of the molecule is CCc1ccc(CNC(=O)c2cc(N)nc(C(C)C)c2)s1. The summed E-state index contributed by atoms with van der Waals surface area (Å²) in [6, 6.07) is 7.59. The van der Waals surface area contributed by atoms with Crippen molar-refractivity contribution in [2.75, 3.05) is 5.73 Å². The Morgan fingerprint density at radius 2 is 2.05 bits per heavy atom. The van der Waals surface area contributed by atoms with Gasteiger partial charge in [0.25, 0.3) is 5.91 Å². The van der Waals surface area contributed by atoms with Gasteiger partial charge in [-0.1, -0.05) is 20.8 Å². The fourth-order valence-electron chi connectivity index (χ4n) is 1.98. The van der Waals surface area contributed by atoms with E-state index in [0.29, 0.717) is 17.9 Å². The van der Waals surface area contributed by atoms with Crippen LogP contribution in [-0.4, -0.2) is 10.9 Å². The molecular formula is C16H21N3OS. The number of carbonyl (C=O) groups excluding carboxylic acids is 1. The number of aryl methyl sites for hydroxylation is 1. The number of rotatable bonds is 5. The maximum atomic E-state index is 12.2. The summed E-state index contributed by atoms with van der Waals surface area (Å²) in [5.41, 5.74) is 7.18. The van der Waals surface area contributed by atoms with Gasteiger partial charge in [-0.2, -0.15) is 0 Å². The monoisotopic (exact) mass is 303 g/mol. The van der Waals surface area contributed by atoms with E-state index >= 15 is 0 Å². The second-order valence-electron chi connectivity index (χ2n) is 5.26. The lowest BCUT2D eigenvalue weighted by molar-refractivity contribution is 0.0951. The van der Waals surface area contributed by atoms with Gasteiger partial charge < -0.3 is 11.1 Å². The molecule has 0 radical (unpaired) electrons. The van der Waals surface area contributed by atoms with E-state index in [0.717, 1.165) is 17.0 Å². The number of carbonyl (C=O) groups is 1. The van der Waals surface area contributed by atoms with Crippen LogP contribution in [0.4, 0.5) is 5.82 Å². The molecular weight excluding hydrogens is 282 g/mol. The fraction of sp³-hybridized carbons (Fsp3) is 0.375. The standard InChI is InChI=1S/C16H21N3OS/c1-4-12-5-6-13(21-12)9-18-16(20)11-7-14(10(2)3)19-15(17)8-11/h5-8,10H,4,9H2,1-3H3,(H2,17,19)(H,18,20). The molecule has 0 aromatic carbocycles. The van der Waals surface area contributed by atoms with Gasteiger partial charge in [0, 0.05) is 21.0 Å². The van der Waals surface area contributed by atoms with E-state index in [1.807, 2.05) is 19.9 Å². The van der Waals surface area contributed by atoms with Crippen LogP contribution in [0.25, 0.3) is 0 Å². The predicted molar refractivity (Wildman–Crippen MR) is 87.6 cm³/mol. The third-order valence-corrected chi connectivity index (χ3v) is 4.44. The maximum absolute atomic E-state index is 12.2. The largest absolute Gasteiger partial charge is 0.384 e. The quantitative estimate of drug-likeness (QED) is 0.890. The highest BCUT2D eigenvalue weighted by molar-refractivity contribution is 7.11. The van der Waals surface area contributed by atoms with Crippen LogP contribution in [0, 0.1) is 0 Å². The highest BCUT2D eigenvalue weighted by atomic mass is 32.1. The van der Waals surface area contributed by atoms with Crippen molar-refractivity contribution in [1.82, 2.24) is 10.3 Å². The zero-order valence-corrected chi connectivity index (χ0v) is 13.5. The Hall–Kier alpha value is -1.88. The van der Waals surface area contributed by atoms with E-state index in [2.05, 4.69) is 29.4 Å². The van der Waals surface area contributed by atoms with Gasteiger partial charge in [0.05, 0.1) is 6.54 Å². The molecule has 112 valence electrons. The Balaban J connectivity index is 2.06. The molecule has 0 saturated heterocycles. The van der Waals surface area contributed by atoms with E-state index in [4.69, 9.17) is 5.73 Å². The topological polar surface area (TPSA) is 68.0 Å². The summed E-state index contributed by atoms with van der Waals surface area (Å²) in [6.45, 7) is 6.73. The van der Waals surface area contributed by atoms with Crippen molar-refractivity contribution in [3.05, 3.63) is 45.3 Å². The van der Waals surface area contributed by atoms with Gasteiger partial charge in [-0.25, -0.2) is 4.98 Å². The van der Waals surface area contributed by atoms with Crippen molar-refractivity contribution in [3.8, 4) is 0 Å². The smallest absolute Gasteiger partial charge is 0.251 e. The zero-order chi connectivity index (χ0) is 15.4. The van der Waals surface area contributed by atoms with Gasteiger partial charge in [0.2, 0.25) is 0 Å². The normalized spacial score (nSPS) is 10.9. The minimum atomic E-state index is -0.113. The Bertz CT molecular complexity index is 634. The molecule has 0 unspecified atom stereocenters. The maximum Gasteiger partial charge on any atom is 0.251 e. The van der Waals surface area contributed by atoms with Gasteiger partial charge in [0.15, 0.2) is 0 Å². The second kappa shape index (κ2) is 6.72. The first kappa shape index (κ1) is 15.5. The summed E-state index contributed by atoms with van der Waals surface area (Å²) in [7, 11) is 0. The minimum Gasteiger partial charge on any atom is -0.384 e. The van der Waals surface area contributed by atoms with E-state index in [1.165, 1.54) is 4.88 Å². The molecule has 0 fully saturated rings. The van der Waals surface area contributed by atoms with Crippen LogP contribution >= 0.6 is 11.3 Å². The average molecular weight is 303 g/mol. The number of nitrogens with one attached hydrogen (secondary N) is 1. The minimum absolute atomic E-state index is 0.113. The summed E-state index contributed by atoms with van der Waals surface area (Å²) in [4.78, 5) is 19.0. The molecule has 3 N–H and O–H groups in total. The lowest BCUT2D eigenvalue weighted by Gasteiger charge is -2.09. The zero-order valence-electron chi connectivity index (χ0n) is 12.6. The summed E-state index contributed by atoms with van der Waals surface area (Å²) in [6.07, 6.45) is 1.03. The van der Waals surface area contributed by atoms with Crippen LogP contribution in [-0.2, 0) is 13.0 Å². The molecule has 2 rings (SSSR count). The van der Waals surface area contributed by atoms with Crippen LogP contribution in [0.1, 0.15) is 52.5 Å².